The Morgan fingerprint density at radius 3 is 3.07 bits per heavy atom. The average Bonchev–Trinajstić information content (AvgIpc) is 2.79. The third-order valence-corrected chi connectivity index (χ3v) is 4.20. The summed E-state index contributed by atoms with van der Waals surface area (Å²) in [5.41, 5.74) is 0.969. The van der Waals surface area contributed by atoms with Gasteiger partial charge >= 0.3 is 0 Å². The molecule has 1 aromatic rings. The van der Waals surface area contributed by atoms with E-state index in [0.29, 0.717) is 9.90 Å². The molecular weight excluding hydrogens is 232 g/mol. The fourth-order valence-corrected chi connectivity index (χ4v) is 2.79. The smallest absolute Gasteiger partial charge is 0.263 e. The fraction of sp³-hybridized carbons (Fsp3) is 0.500. The maximum absolute atomic E-state index is 11.8. The molecule has 0 saturated carbocycles. The molecule has 1 saturated heterocycles. The zero-order valence-electron chi connectivity index (χ0n) is 8.47. The Bertz CT molecular complexity index is 371. The molecule has 0 aliphatic carbocycles. The van der Waals surface area contributed by atoms with Gasteiger partial charge in [0, 0.05) is 12.6 Å². The van der Waals surface area contributed by atoms with Gasteiger partial charge in [0.1, 0.15) is 4.88 Å². The lowest BCUT2D eigenvalue weighted by atomic mass is 10.2. The largest absolute Gasteiger partial charge is 0.347 e. The summed E-state index contributed by atoms with van der Waals surface area (Å²) in [4.78, 5) is 12.4. The second-order valence-corrected chi connectivity index (χ2v) is 4.98. The van der Waals surface area contributed by atoms with Gasteiger partial charge < -0.3 is 10.6 Å². The Balaban J connectivity index is 2.04. The topological polar surface area (TPSA) is 41.1 Å². The number of nitrogens with one attached hydrogen (secondary N) is 2. The highest BCUT2D eigenvalue weighted by atomic mass is 35.5. The minimum absolute atomic E-state index is 0.0493. The number of thiophene rings is 1. The molecule has 2 heterocycles. The molecule has 1 amide bonds. The first-order valence-electron chi connectivity index (χ1n) is 4.93. The Labute approximate surface area is 97.8 Å². The van der Waals surface area contributed by atoms with Crippen LogP contribution in [-0.2, 0) is 0 Å². The molecule has 5 heteroatoms. The molecule has 0 bridgehead atoms. The van der Waals surface area contributed by atoms with Crippen molar-refractivity contribution in [1.82, 2.24) is 10.6 Å². The van der Waals surface area contributed by atoms with E-state index in [4.69, 9.17) is 11.6 Å². The van der Waals surface area contributed by atoms with E-state index in [2.05, 4.69) is 10.6 Å². The molecule has 3 nitrogen and oxygen atoms in total. The molecule has 82 valence electrons. The van der Waals surface area contributed by atoms with Crippen molar-refractivity contribution in [3.05, 3.63) is 20.8 Å². The number of hydrogen-bond acceptors (Lipinski definition) is 3. The van der Waals surface area contributed by atoms with E-state index in [0.717, 1.165) is 25.1 Å². The summed E-state index contributed by atoms with van der Waals surface area (Å²) < 4.78 is 0. The van der Waals surface area contributed by atoms with Gasteiger partial charge in [0.25, 0.3) is 5.91 Å². The van der Waals surface area contributed by atoms with Crippen LogP contribution in [0.1, 0.15) is 21.7 Å². The predicted octanol–water partition coefficient (Wildman–Crippen LogP) is 1.80. The number of hydrogen-bond donors (Lipinski definition) is 2. The Hall–Kier alpha value is -0.580. The Morgan fingerprint density at radius 2 is 2.53 bits per heavy atom. The third-order valence-electron chi connectivity index (χ3n) is 2.50. The van der Waals surface area contributed by atoms with Crippen molar-refractivity contribution in [2.75, 3.05) is 13.1 Å². The molecule has 1 aromatic heterocycles. The predicted molar refractivity (Wildman–Crippen MR) is 62.8 cm³/mol. The molecule has 1 unspecified atom stereocenters. The summed E-state index contributed by atoms with van der Waals surface area (Å²) in [5.74, 6) is -0.0493. The van der Waals surface area contributed by atoms with Crippen molar-refractivity contribution in [3.63, 3.8) is 0 Å². The Morgan fingerprint density at radius 1 is 1.73 bits per heavy atom. The first-order valence-corrected chi connectivity index (χ1v) is 6.19. The molecule has 1 fully saturated rings. The number of halogens is 1. The number of aryl methyl sites for hydroxylation is 1. The van der Waals surface area contributed by atoms with E-state index in [1.165, 1.54) is 11.3 Å². The van der Waals surface area contributed by atoms with E-state index in [9.17, 15) is 4.79 Å². The zero-order valence-corrected chi connectivity index (χ0v) is 10.0. The van der Waals surface area contributed by atoms with Gasteiger partial charge in [-0.2, -0.15) is 0 Å². The average molecular weight is 245 g/mol. The van der Waals surface area contributed by atoms with E-state index < -0.39 is 0 Å². The van der Waals surface area contributed by atoms with Crippen molar-refractivity contribution in [2.45, 2.75) is 19.4 Å². The van der Waals surface area contributed by atoms with Crippen LogP contribution in [0.5, 0.6) is 0 Å². The molecule has 2 rings (SSSR count). The lowest BCUT2D eigenvalue weighted by molar-refractivity contribution is 0.0944. The maximum Gasteiger partial charge on any atom is 0.263 e. The minimum Gasteiger partial charge on any atom is -0.347 e. The summed E-state index contributed by atoms with van der Waals surface area (Å²) in [6.07, 6.45) is 0.994. The van der Waals surface area contributed by atoms with Crippen LogP contribution in [0.2, 0.25) is 5.02 Å². The Kier molecular flexibility index (Phi) is 3.29. The summed E-state index contributed by atoms with van der Waals surface area (Å²) >= 11 is 7.43. The third kappa shape index (κ3) is 2.33. The summed E-state index contributed by atoms with van der Waals surface area (Å²) in [6, 6.07) is 0.246. The minimum atomic E-state index is -0.0493. The second-order valence-electron chi connectivity index (χ2n) is 3.73. The van der Waals surface area contributed by atoms with Crippen molar-refractivity contribution in [3.8, 4) is 0 Å². The fourth-order valence-electron chi connectivity index (χ4n) is 1.61. The highest BCUT2D eigenvalue weighted by Gasteiger charge is 2.20. The molecule has 1 aliphatic heterocycles. The van der Waals surface area contributed by atoms with Crippen LogP contribution in [-0.4, -0.2) is 25.0 Å². The molecule has 0 aromatic carbocycles. The van der Waals surface area contributed by atoms with E-state index in [1.807, 2.05) is 12.3 Å². The van der Waals surface area contributed by atoms with Crippen LogP contribution in [0.4, 0.5) is 0 Å². The SMILES string of the molecule is Cc1csc(C(=O)NC2CCNC2)c1Cl. The number of carbonyl (C=O) groups is 1. The molecule has 0 spiro atoms. The van der Waals surface area contributed by atoms with Crippen molar-refractivity contribution in [1.29, 1.82) is 0 Å². The molecule has 0 radical (unpaired) electrons. The van der Waals surface area contributed by atoms with Crippen LogP contribution in [0.15, 0.2) is 5.38 Å². The van der Waals surface area contributed by atoms with Crippen LogP contribution >= 0.6 is 22.9 Å². The standard InChI is InChI=1S/C10H13ClN2OS/c1-6-5-15-9(8(6)11)10(14)13-7-2-3-12-4-7/h5,7,12H,2-4H2,1H3,(H,13,14). The van der Waals surface area contributed by atoms with Crippen molar-refractivity contribution < 1.29 is 4.79 Å². The molecular formula is C10H13ClN2OS. The summed E-state index contributed by atoms with van der Waals surface area (Å²) in [7, 11) is 0. The highest BCUT2D eigenvalue weighted by molar-refractivity contribution is 7.13. The van der Waals surface area contributed by atoms with Gasteiger partial charge in [-0.3, -0.25) is 4.79 Å². The normalized spacial score (nSPS) is 20.5. The van der Waals surface area contributed by atoms with Crippen LogP contribution < -0.4 is 10.6 Å². The summed E-state index contributed by atoms with van der Waals surface area (Å²) in [5, 5.41) is 8.67. The van der Waals surface area contributed by atoms with E-state index >= 15 is 0 Å². The quantitative estimate of drug-likeness (QED) is 0.833. The van der Waals surface area contributed by atoms with Crippen LogP contribution in [0.3, 0.4) is 0 Å². The summed E-state index contributed by atoms with van der Waals surface area (Å²) in [6.45, 7) is 3.74. The van der Waals surface area contributed by atoms with Crippen molar-refractivity contribution >= 4 is 28.8 Å². The van der Waals surface area contributed by atoms with Gasteiger partial charge in [0.15, 0.2) is 0 Å². The van der Waals surface area contributed by atoms with Gasteiger partial charge in [-0.05, 0) is 30.8 Å². The lowest BCUT2D eigenvalue weighted by Crippen LogP contribution is -2.35. The molecule has 1 aliphatic rings. The monoisotopic (exact) mass is 244 g/mol. The first kappa shape index (κ1) is 10.9. The van der Waals surface area contributed by atoms with Gasteiger partial charge in [0.2, 0.25) is 0 Å². The van der Waals surface area contributed by atoms with Crippen molar-refractivity contribution in [2.24, 2.45) is 0 Å². The van der Waals surface area contributed by atoms with Crippen LogP contribution in [0.25, 0.3) is 0 Å². The second kappa shape index (κ2) is 4.51. The lowest BCUT2D eigenvalue weighted by Gasteiger charge is -2.10. The number of carbonyl (C=O) groups excluding carboxylic acids is 1. The molecule has 1 atom stereocenters. The van der Waals surface area contributed by atoms with E-state index in [1.54, 1.807) is 0 Å². The molecule has 2 N–H and O–H groups in total. The zero-order chi connectivity index (χ0) is 10.8. The number of rotatable bonds is 2. The van der Waals surface area contributed by atoms with Gasteiger partial charge in [-0.15, -0.1) is 11.3 Å². The first-order chi connectivity index (χ1) is 7.18. The van der Waals surface area contributed by atoms with Gasteiger partial charge in [-0.25, -0.2) is 0 Å². The van der Waals surface area contributed by atoms with Gasteiger partial charge in [0.05, 0.1) is 5.02 Å². The maximum atomic E-state index is 11.8. The van der Waals surface area contributed by atoms with E-state index in [-0.39, 0.29) is 11.9 Å². The highest BCUT2D eigenvalue weighted by Crippen LogP contribution is 2.27. The molecule has 15 heavy (non-hydrogen) atoms. The van der Waals surface area contributed by atoms with Gasteiger partial charge in [-0.1, -0.05) is 11.6 Å². The number of amides is 1. The van der Waals surface area contributed by atoms with Crippen LogP contribution in [0, 0.1) is 6.92 Å².